The summed E-state index contributed by atoms with van der Waals surface area (Å²) in [5.74, 6) is 2.31. The van der Waals surface area contributed by atoms with E-state index < -0.39 is 0 Å². The molecule has 3 rings (SSSR count). The third kappa shape index (κ3) is 3.05. The van der Waals surface area contributed by atoms with Crippen molar-refractivity contribution in [2.45, 2.75) is 18.4 Å². The van der Waals surface area contributed by atoms with Crippen molar-refractivity contribution < 1.29 is 4.39 Å². The predicted octanol–water partition coefficient (Wildman–Crippen LogP) is 2.17. The van der Waals surface area contributed by atoms with Crippen LogP contribution in [-0.2, 0) is 0 Å². The molecular formula is C16H24FN3S. The minimum atomic E-state index is -0.117. The average molecular weight is 309 g/mol. The summed E-state index contributed by atoms with van der Waals surface area (Å²) in [7, 11) is 0. The van der Waals surface area contributed by atoms with Crippen LogP contribution >= 0.6 is 11.8 Å². The fourth-order valence-electron chi connectivity index (χ4n) is 3.53. The molecule has 0 saturated carbocycles. The first-order valence-corrected chi connectivity index (χ1v) is 8.93. The highest BCUT2D eigenvalue weighted by atomic mass is 32.2. The monoisotopic (exact) mass is 309 g/mol. The molecule has 2 aliphatic rings. The number of para-hydroxylation sites is 1. The van der Waals surface area contributed by atoms with E-state index in [0.717, 1.165) is 38.4 Å². The van der Waals surface area contributed by atoms with Crippen LogP contribution in [0.2, 0.25) is 0 Å². The van der Waals surface area contributed by atoms with E-state index in [4.69, 9.17) is 5.73 Å². The first-order valence-electron chi connectivity index (χ1n) is 7.77. The van der Waals surface area contributed by atoms with Crippen LogP contribution in [0.1, 0.15) is 12.8 Å². The van der Waals surface area contributed by atoms with E-state index in [1.165, 1.54) is 24.3 Å². The third-order valence-corrected chi connectivity index (χ3v) is 5.93. The van der Waals surface area contributed by atoms with Gasteiger partial charge in [0.2, 0.25) is 0 Å². The molecule has 1 aromatic rings. The lowest BCUT2D eigenvalue weighted by Crippen LogP contribution is -2.61. The third-order valence-electron chi connectivity index (χ3n) is 4.95. The van der Waals surface area contributed by atoms with Crippen LogP contribution in [0.3, 0.4) is 0 Å². The number of hydrogen-bond acceptors (Lipinski definition) is 4. The maximum absolute atomic E-state index is 13.9. The fourth-order valence-corrected chi connectivity index (χ4v) is 4.78. The van der Waals surface area contributed by atoms with Crippen LogP contribution in [0.4, 0.5) is 10.1 Å². The molecule has 2 saturated heterocycles. The van der Waals surface area contributed by atoms with Crippen LogP contribution in [0.25, 0.3) is 0 Å². The predicted molar refractivity (Wildman–Crippen MR) is 88.5 cm³/mol. The van der Waals surface area contributed by atoms with E-state index in [1.54, 1.807) is 12.1 Å². The van der Waals surface area contributed by atoms with Gasteiger partial charge in [-0.2, -0.15) is 11.8 Å². The Kier molecular flexibility index (Phi) is 4.72. The smallest absolute Gasteiger partial charge is 0.146 e. The molecule has 0 amide bonds. The summed E-state index contributed by atoms with van der Waals surface area (Å²) in [4.78, 5) is 4.72. The van der Waals surface area contributed by atoms with Crippen molar-refractivity contribution in [1.82, 2.24) is 4.90 Å². The molecule has 3 nitrogen and oxygen atoms in total. The maximum Gasteiger partial charge on any atom is 0.146 e. The standard InChI is InChI=1S/C16H24FN3S/c17-14-3-1-2-4-15(14)19-7-9-20(10-8-19)16(13-18)5-11-21-12-6-16/h1-4H,5-13,18H2. The summed E-state index contributed by atoms with van der Waals surface area (Å²) < 4.78 is 13.9. The zero-order chi connectivity index (χ0) is 14.7. The number of thioether (sulfide) groups is 1. The zero-order valence-corrected chi connectivity index (χ0v) is 13.2. The van der Waals surface area contributed by atoms with Gasteiger partial charge in [0.25, 0.3) is 0 Å². The molecule has 116 valence electrons. The molecule has 0 bridgehead atoms. The number of benzene rings is 1. The highest BCUT2D eigenvalue weighted by molar-refractivity contribution is 7.99. The lowest BCUT2D eigenvalue weighted by atomic mass is 9.89. The molecule has 1 aromatic carbocycles. The van der Waals surface area contributed by atoms with Gasteiger partial charge in [-0.1, -0.05) is 12.1 Å². The Balaban J connectivity index is 1.66. The molecule has 0 radical (unpaired) electrons. The van der Waals surface area contributed by atoms with E-state index in [2.05, 4.69) is 9.80 Å². The summed E-state index contributed by atoms with van der Waals surface area (Å²) >= 11 is 2.03. The summed E-state index contributed by atoms with van der Waals surface area (Å²) in [6, 6.07) is 7.07. The van der Waals surface area contributed by atoms with Crippen molar-refractivity contribution in [3.05, 3.63) is 30.1 Å². The number of rotatable bonds is 3. The molecule has 2 N–H and O–H groups in total. The van der Waals surface area contributed by atoms with Crippen LogP contribution in [0.15, 0.2) is 24.3 Å². The van der Waals surface area contributed by atoms with Gasteiger partial charge in [-0.15, -0.1) is 0 Å². The minimum absolute atomic E-state index is 0.117. The van der Waals surface area contributed by atoms with Crippen molar-refractivity contribution in [3.8, 4) is 0 Å². The molecule has 0 aromatic heterocycles. The van der Waals surface area contributed by atoms with Gasteiger partial charge < -0.3 is 10.6 Å². The van der Waals surface area contributed by atoms with Gasteiger partial charge in [0.05, 0.1) is 5.69 Å². The van der Waals surface area contributed by atoms with Crippen molar-refractivity contribution >= 4 is 17.4 Å². The van der Waals surface area contributed by atoms with E-state index >= 15 is 0 Å². The Hall–Kier alpha value is -0.780. The number of nitrogens with zero attached hydrogens (tertiary/aromatic N) is 2. The Bertz CT molecular complexity index is 468. The SMILES string of the molecule is NCC1(N2CCN(c3ccccc3F)CC2)CCSCC1. The molecule has 5 heteroatoms. The minimum Gasteiger partial charge on any atom is -0.367 e. The molecule has 2 aliphatic heterocycles. The van der Waals surface area contributed by atoms with E-state index in [0.29, 0.717) is 0 Å². The lowest BCUT2D eigenvalue weighted by molar-refractivity contribution is 0.0781. The van der Waals surface area contributed by atoms with Crippen molar-refractivity contribution in [1.29, 1.82) is 0 Å². The Morgan fingerprint density at radius 1 is 1.10 bits per heavy atom. The van der Waals surface area contributed by atoms with Crippen molar-refractivity contribution in [2.75, 3.05) is 49.1 Å². The summed E-state index contributed by atoms with van der Waals surface area (Å²) in [5, 5.41) is 0. The van der Waals surface area contributed by atoms with E-state index in [1.807, 2.05) is 23.9 Å². The summed E-state index contributed by atoms with van der Waals surface area (Å²) in [6.07, 6.45) is 2.38. The molecule has 0 atom stereocenters. The normalized spacial score (nSPS) is 23.2. The van der Waals surface area contributed by atoms with E-state index in [9.17, 15) is 4.39 Å². The van der Waals surface area contributed by atoms with Crippen molar-refractivity contribution in [3.63, 3.8) is 0 Å². The highest BCUT2D eigenvalue weighted by Gasteiger charge is 2.38. The Morgan fingerprint density at radius 2 is 1.76 bits per heavy atom. The second-order valence-electron chi connectivity index (χ2n) is 5.97. The van der Waals surface area contributed by atoms with Gasteiger partial charge in [-0.3, -0.25) is 4.90 Å². The molecule has 2 fully saturated rings. The van der Waals surface area contributed by atoms with Gasteiger partial charge >= 0.3 is 0 Å². The zero-order valence-electron chi connectivity index (χ0n) is 12.4. The summed E-state index contributed by atoms with van der Waals surface area (Å²) in [5.41, 5.74) is 7.04. The van der Waals surface area contributed by atoms with Gasteiger partial charge in [0, 0.05) is 38.3 Å². The molecule has 0 aliphatic carbocycles. The average Bonchev–Trinajstić information content (AvgIpc) is 2.56. The van der Waals surface area contributed by atoms with Crippen LogP contribution in [0, 0.1) is 5.82 Å². The molecular weight excluding hydrogens is 285 g/mol. The fraction of sp³-hybridized carbons (Fsp3) is 0.625. The molecule has 0 spiro atoms. The van der Waals surface area contributed by atoms with Gasteiger partial charge in [-0.05, 0) is 36.5 Å². The molecule has 2 heterocycles. The second kappa shape index (κ2) is 6.55. The number of nitrogens with two attached hydrogens (primary N) is 1. The highest BCUT2D eigenvalue weighted by Crippen LogP contribution is 2.33. The Morgan fingerprint density at radius 3 is 2.38 bits per heavy atom. The number of hydrogen-bond donors (Lipinski definition) is 1. The number of halogens is 1. The van der Waals surface area contributed by atoms with Crippen LogP contribution in [-0.4, -0.2) is 54.7 Å². The Labute approximate surface area is 130 Å². The number of piperazine rings is 1. The topological polar surface area (TPSA) is 32.5 Å². The van der Waals surface area contributed by atoms with E-state index in [-0.39, 0.29) is 11.4 Å². The van der Waals surface area contributed by atoms with Crippen LogP contribution in [0.5, 0.6) is 0 Å². The van der Waals surface area contributed by atoms with Crippen LogP contribution < -0.4 is 10.6 Å². The lowest BCUT2D eigenvalue weighted by Gasteiger charge is -2.49. The first-order chi connectivity index (χ1) is 10.2. The maximum atomic E-state index is 13.9. The quantitative estimate of drug-likeness (QED) is 0.927. The molecule has 21 heavy (non-hydrogen) atoms. The van der Waals surface area contributed by atoms with Crippen molar-refractivity contribution in [2.24, 2.45) is 5.73 Å². The second-order valence-corrected chi connectivity index (χ2v) is 7.19. The first kappa shape index (κ1) is 15.1. The largest absolute Gasteiger partial charge is 0.367 e. The van der Waals surface area contributed by atoms with Gasteiger partial charge in [0.1, 0.15) is 5.82 Å². The number of anilines is 1. The summed E-state index contributed by atoms with van der Waals surface area (Å²) in [6.45, 7) is 4.48. The van der Waals surface area contributed by atoms with Gasteiger partial charge in [0.15, 0.2) is 0 Å². The van der Waals surface area contributed by atoms with Gasteiger partial charge in [-0.25, -0.2) is 4.39 Å². The molecule has 0 unspecified atom stereocenters.